The summed E-state index contributed by atoms with van der Waals surface area (Å²) in [4.78, 5) is 12.4. The van der Waals surface area contributed by atoms with Gasteiger partial charge in [-0.25, -0.2) is 4.68 Å². The summed E-state index contributed by atoms with van der Waals surface area (Å²) in [5, 5.41) is 7.19. The monoisotopic (exact) mass is 277 g/mol. The smallest absolute Gasteiger partial charge is 0.280 e. The summed E-state index contributed by atoms with van der Waals surface area (Å²) >= 11 is 0. The second-order valence-corrected chi connectivity index (χ2v) is 4.63. The van der Waals surface area contributed by atoms with E-state index in [2.05, 4.69) is 17.0 Å². The van der Waals surface area contributed by atoms with Crippen LogP contribution in [0.25, 0.3) is 18.5 Å². The molecule has 0 radical (unpaired) electrons. The molecule has 104 valence electrons. The van der Waals surface area contributed by atoms with Crippen LogP contribution in [0.5, 0.6) is 0 Å². The molecule has 4 nitrogen and oxygen atoms in total. The highest BCUT2D eigenvalue weighted by Crippen LogP contribution is 2.04. The Bertz CT molecular complexity index is 893. The van der Waals surface area contributed by atoms with Gasteiger partial charge in [-0.15, -0.1) is 0 Å². The number of nitrogens with one attached hydrogen (secondary N) is 2. The van der Waals surface area contributed by atoms with Gasteiger partial charge in [-0.2, -0.15) is 0 Å². The summed E-state index contributed by atoms with van der Waals surface area (Å²) in [6, 6.07) is 19.1. The Morgan fingerprint density at radius 3 is 2.29 bits per heavy atom. The second kappa shape index (κ2) is 5.54. The number of para-hydroxylation sites is 2. The lowest BCUT2D eigenvalue weighted by atomic mass is 10.3. The van der Waals surface area contributed by atoms with E-state index in [4.69, 9.17) is 0 Å². The van der Waals surface area contributed by atoms with E-state index < -0.39 is 0 Å². The minimum Gasteiger partial charge on any atom is -0.361 e. The molecule has 4 heteroatoms. The van der Waals surface area contributed by atoms with Crippen LogP contribution in [0.1, 0.15) is 0 Å². The molecule has 1 aromatic heterocycles. The maximum absolute atomic E-state index is 12.4. The second-order valence-electron chi connectivity index (χ2n) is 4.63. The van der Waals surface area contributed by atoms with Crippen LogP contribution >= 0.6 is 0 Å². The van der Waals surface area contributed by atoms with Gasteiger partial charge >= 0.3 is 0 Å². The number of hydrogen-bond acceptors (Lipinski definition) is 2. The fourth-order valence-corrected chi connectivity index (χ4v) is 2.09. The lowest BCUT2D eigenvalue weighted by Crippen LogP contribution is -2.34. The van der Waals surface area contributed by atoms with E-state index in [1.807, 2.05) is 60.7 Å². The fourth-order valence-electron chi connectivity index (χ4n) is 2.09. The zero-order valence-corrected chi connectivity index (χ0v) is 11.4. The predicted molar refractivity (Wildman–Crippen MR) is 85.7 cm³/mol. The number of benzene rings is 2. The first-order valence-electron chi connectivity index (χ1n) is 6.63. The molecule has 1 heterocycles. The van der Waals surface area contributed by atoms with Gasteiger partial charge in [0.2, 0.25) is 0 Å². The van der Waals surface area contributed by atoms with Crippen molar-refractivity contribution in [2.75, 3.05) is 5.32 Å². The molecule has 0 aliphatic heterocycles. The summed E-state index contributed by atoms with van der Waals surface area (Å²) in [5.74, 6) is 0. The highest BCUT2D eigenvalue weighted by Gasteiger charge is 2.03. The first kappa shape index (κ1) is 13.0. The highest BCUT2D eigenvalue weighted by molar-refractivity contribution is 5.53. The van der Waals surface area contributed by atoms with Crippen LogP contribution in [0.4, 0.5) is 5.69 Å². The van der Waals surface area contributed by atoms with Gasteiger partial charge in [0.05, 0.1) is 16.3 Å². The summed E-state index contributed by atoms with van der Waals surface area (Å²) in [5.41, 5.74) is 1.57. The molecule has 0 bridgehead atoms. The van der Waals surface area contributed by atoms with Gasteiger partial charge in [0.15, 0.2) is 0 Å². The SMILES string of the molecule is C=c1[nH]n(-c2ccccc2)c(=O)/c1=C\Nc1ccccc1. The molecule has 0 amide bonds. The minimum absolute atomic E-state index is 0.130. The maximum Gasteiger partial charge on any atom is 0.280 e. The van der Waals surface area contributed by atoms with Crippen molar-refractivity contribution >= 4 is 18.5 Å². The molecule has 0 aliphatic rings. The maximum atomic E-state index is 12.4. The van der Waals surface area contributed by atoms with Crippen molar-refractivity contribution in [1.82, 2.24) is 9.78 Å². The number of aromatic amines is 1. The van der Waals surface area contributed by atoms with E-state index in [-0.39, 0.29) is 5.56 Å². The lowest BCUT2D eigenvalue weighted by molar-refractivity contribution is 0.838. The highest BCUT2D eigenvalue weighted by atomic mass is 16.1. The quantitative estimate of drug-likeness (QED) is 0.761. The van der Waals surface area contributed by atoms with Gasteiger partial charge in [0, 0.05) is 11.9 Å². The summed E-state index contributed by atoms with van der Waals surface area (Å²) in [6.45, 7) is 3.89. The molecule has 21 heavy (non-hydrogen) atoms. The molecule has 0 saturated heterocycles. The van der Waals surface area contributed by atoms with Crippen LogP contribution in [0.15, 0.2) is 65.5 Å². The molecule has 0 aliphatic carbocycles. The van der Waals surface area contributed by atoms with Crippen molar-refractivity contribution in [1.29, 1.82) is 0 Å². The average Bonchev–Trinajstić information content (AvgIpc) is 2.82. The molecule has 0 fully saturated rings. The van der Waals surface area contributed by atoms with Crippen LogP contribution in [0.3, 0.4) is 0 Å². The van der Waals surface area contributed by atoms with Crippen molar-refractivity contribution < 1.29 is 0 Å². The van der Waals surface area contributed by atoms with Gasteiger partial charge in [0.25, 0.3) is 5.56 Å². The van der Waals surface area contributed by atoms with Crippen LogP contribution in [0, 0.1) is 0 Å². The zero-order chi connectivity index (χ0) is 14.7. The van der Waals surface area contributed by atoms with E-state index in [9.17, 15) is 4.79 Å². The van der Waals surface area contributed by atoms with Crippen LogP contribution in [-0.2, 0) is 0 Å². The predicted octanol–water partition coefficient (Wildman–Crippen LogP) is 1.43. The molecule has 0 saturated carbocycles. The average molecular weight is 277 g/mol. The Balaban J connectivity index is 2.03. The number of rotatable bonds is 3. The Morgan fingerprint density at radius 2 is 1.62 bits per heavy atom. The Kier molecular flexibility index (Phi) is 3.43. The van der Waals surface area contributed by atoms with E-state index in [0.29, 0.717) is 10.6 Å². The first-order chi connectivity index (χ1) is 10.3. The van der Waals surface area contributed by atoms with Crippen molar-refractivity contribution in [3.63, 3.8) is 0 Å². The van der Waals surface area contributed by atoms with Crippen molar-refractivity contribution in [2.45, 2.75) is 0 Å². The van der Waals surface area contributed by atoms with E-state index in [1.165, 1.54) is 4.68 Å². The number of nitrogens with zero attached hydrogens (tertiary/aromatic N) is 1. The van der Waals surface area contributed by atoms with E-state index in [1.54, 1.807) is 6.20 Å². The Morgan fingerprint density at radius 1 is 1.00 bits per heavy atom. The number of anilines is 1. The minimum atomic E-state index is -0.130. The molecule has 2 aromatic carbocycles. The van der Waals surface area contributed by atoms with Crippen molar-refractivity contribution in [2.24, 2.45) is 0 Å². The molecule has 2 N–H and O–H groups in total. The number of H-pyrrole nitrogens is 1. The normalized spacial score (nSPS) is 11.5. The van der Waals surface area contributed by atoms with Gasteiger partial charge in [-0.3, -0.25) is 9.89 Å². The molecule has 0 atom stereocenters. The summed E-state index contributed by atoms with van der Waals surface area (Å²) < 4.78 is 1.49. The lowest BCUT2D eigenvalue weighted by Gasteiger charge is -1.99. The van der Waals surface area contributed by atoms with Gasteiger partial charge in [-0.1, -0.05) is 43.0 Å². The first-order valence-corrected chi connectivity index (χ1v) is 6.63. The standard InChI is InChI=1S/C17H15N3O/c1-13-16(12-18-14-8-4-2-5-9-14)17(21)20(19-13)15-10-6-3-7-11-15/h2-12,18-19H,1H2/b16-12-. The van der Waals surface area contributed by atoms with Crippen molar-refractivity contribution in [3.8, 4) is 5.69 Å². The fraction of sp³-hybridized carbons (Fsp3) is 0. The molecule has 3 rings (SSSR count). The van der Waals surface area contributed by atoms with Gasteiger partial charge in [0.1, 0.15) is 0 Å². The van der Waals surface area contributed by atoms with Crippen LogP contribution in [0.2, 0.25) is 0 Å². The number of aromatic nitrogens is 2. The van der Waals surface area contributed by atoms with E-state index in [0.717, 1.165) is 11.4 Å². The summed E-state index contributed by atoms with van der Waals surface area (Å²) in [7, 11) is 0. The van der Waals surface area contributed by atoms with Crippen LogP contribution in [-0.4, -0.2) is 9.78 Å². The molecular formula is C17H15N3O. The molecule has 0 spiro atoms. The van der Waals surface area contributed by atoms with Crippen molar-refractivity contribution in [3.05, 3.63) is 81.6 Å². The molecule has 3 aromatic rings. The topological polar surface area (TPSA) is 49.8 Å². The summed E-state index contributed by atoms with van der Waals surface area (Å²) in [6.07, 6.45) is 1.68. The Labute approximate surface area is 121 Å². The third kappa shape index (κ3) is 2.65. The van der Waals surface area contributed by atoms with Crippen LogP contribution < -0.4 is 21.4 Å². The molecule has 0 unspecified atom stereocenters. The van der Waals surface area contributed by atoms with Gasteiger partial charge in [-0.05, 0) is 24.3 Å². The Hall–Kier alpha value is -3.01. The molecular weight excluding hydrogens is 262 g/mol. The third-order valence-electron chi connectivity index (χ3n) is 3.18. The number of hydrogen-bond donors (Lipinski definition) is 2. The van der Waals surface area contributed by atoms with Gasteiger partial charge < -0.3 is 5.32 Å². The zero-order valence-electron chi connectivity index (χ0n) is 11.4. The third-order valence-corrected chi connectivity index (χ3v) is 3.18. The largest absolute Gasteiger partial charge is 0.361 e. The van der Waals surface area contributed by atoms with E-state index >= 15 is 0 Å².